The van der Waals surface area contributed by atoms with Crippen LogP contribution in [-0.2, 0) is 17.8 Å². The molecule has 15 heavy (non-hydrogen) atoms. The lowest BCUT2D eigenvalue weighted by atomic mass is 10.4. The number of aromatic nitrogens is 4. The summed E-state index contributed by atoms with van der Waals surface area (Å²) < 4.78 is 1.58. The summed E-state index contributed by atoms with van der Waals surface area (Å²) in [5.74, 6) is 0.0796. The molecule has 7 nitrogen and oxygen atoms in total. The van der Waals surface area contributed by atoms with Gasteiger partial charge >= 0.3 is 0 Å². The van der Waals surface area contributed by atoms with E-state index >= 15 is 0 Å². The summed E-state index contributed by atoms with van der Waals surface area (Å²) in [6.07, 6.45) is 0.0781. The molecule has 7 heteroatoms. The Balaban J connectivity index is 2.46. The predicted octanol–water partition coefficient (Wildman–Crippen LogP) is -1.30. The van der Waals surface area contributed by atoms with E-state index in [2.05, 4.69) is 34.7 Å². The molecular formula is C8H16N6O. The van der Waals surface area contributed by atoms with Crippen molar-refractivity contribution in [2.75, 3.05) is 6.54 Å². The van der Waals surface area contributed by atoms with Crippen LogP contribution in [-0.4, -0.2) is 38.7 Å². The van der Waals surface area contributed by atoms with E-state index in [1.54, 1.807) is 4.68 Å². The first-order valence-corrected chi connectivity index (χ1v) is 4.86. The van der Waals surface area contributed by atoms with Crippen molar-refractivity contribution < 1.29 is 4.79 Å². The van der Waals surface area contributed by atoms with Crippen LogP contribution in [0.2, 0.25) is 0 Å². The summed E-state index contributed by atoms with van der Waals surface area (Å²) in [6.45, 7) is 5.51. The third-order valence-electron chi connectivity index (χ3n) is 1.81. The molecule has 0 unspecified atom stereocenters. The molecule has 1 aromatic rings. The zero-order valence-corrected chi connectivity index (χ0v) is 8.97. The minimum absolute atomic E-state index is 0.0781. The van der Waals surface area contributed by atoms with Gasteiger partial charge < -0.3 is 11.1 Å². The SMILES string of the molecule is CC(C)NCCn1nnnc1CC(N)=O. The van der Waals surface area contributed by atoms with Crippen molar-refractivity contribution in [3.63, 3.8) is 0 Å². The zero-order valence-electron chi connectivity index (χ0n) is 8.97. The fourth-order valence-electron chi connectivity index (χ4n) is 1.14. The lowest BCUT2D eigenvalue weighted by Crippen LogP contribution is -2.28. The molecule has 0 fully saturated rings. The molecule has 1 amide bonds. The highest BCUT2D eigenvalue weighted by Crippen LogP contribution is 1.92. The van der Waals surface area contributed by atoms with E-state index in [0.29, 0.717) is 18.4 Å². The Morgan fingerprint density at radius 2 is 2.33 bits per heavy atom. The number of hydrogen-bond acceptors (Lipinski definition) is 5. The Bertz CT molecular complexity index is 321. The molecule has 0 saturated carbocycles. The summed E-state index contributed by atoms with van der Waals surface area (Å²) in [6, 6.07) is 0.418. The van der Waals surface area contributed by atoms with Crippen molar-refractivity contribution >= 4 is 5.91 Å². The van der Waals surface area contributed by atoms with Gasteiger partial charge in [-0.15, -0.1) is 5.10 Å². The molecule has 0 saturated heterocycles. The smallest absolute Gasteiger partial charge is 0.225 e. The van der Waals surface area contributed by atoms with Crippen molar-refractivity contribution in [1.29, 1.82) is 0 Å². The molecule has 0 aliphatic heterocycles. The highest BCUT2D eigenvalue weighted by Gasteiger charge is 2.08. The molecule has 1 aromatic heterocycles. The Morgan fingerprint density at radius 3 is 2.93 bits per heavy atom. The molecular weight excluding hydrogens is 196 g/mol. The van der Waals surface area contributed by atoms with Gasteiger partial charge in [-0.1, -0.05) is 13.8 Å². The van der Waals surface area contributed by atoms with Gasteiger partial charge in [-0.05, 0) is 10.4 Å². The van der Waals surface area contributed by atoms with E-state index in [0.717, 1.165) is 6.54 Å². The van der Waals surface area contributed by atoms with Gasteiger partial charge in [-0.2, -0.15) is 0 Å². The van der Waals surface area contributed by atoms with Crippen LogP contribution in [0.25, 0.3) is 0 Å². The van der Waals surface area contributed by atoms with Crippen LogP contribution in [0.4, 0.5) is 0 Å². The number of carbonyl (C=O) groups excluding carboxylic acids is 1. The van der Waals surface area contributed by atoms with Crippen molar-refractivity contribution in [2.45, 2.75) is 32.9 Å². The molecule has 0 radical (unpaired) electrons. The summed E-state index contributed by atoms with van der Waals surface area (Å²) >= 11 is 0. The van der Waals surface area contributed by atoms with Crippen LogP contribution in [0.5, 0.6) is 0 Å². The fourth-order valence-corrected chi connectivity index (χ4v) is 1.14. The molecule has 0 aliphatic carbocycles. The van der Waals surface area contributed by atoms with Gasteiger partial charge in [0.1, 0.15) is 0 Å². The quantitative estimate of drug-likeness (QED) is 0.610. The molecule has 1 heterocycles. The number of tetrazole rings is 1. The number of nitrogens with two attached hydrogens (primary N) is 1. The molecule has 0 atom stereocenters. The summed E-state index contributed by atoms with van der Waals surface area (Å²) in [5.41, 5.74) is 5.07. The van der Waals surface area contributed by atoms with Crippen molar-refractivity contribution in [3.8, 4) is 0 Å². The number of nitrogens with zero attached hydrogens (tertiary/aromatic N) is 4. The molecule has 0 spiro atoms. The number of hydrogen-bond donors (Lipinski definition) is 2. The van der Waals surface area contributed by atoms with Gasteiger partial charge in [0.05, 0.1) is 13.0 Å². The molecule has 0 aromatic carbocycles. The maximum absolute atomic E-state index is 10.7. The number of primary amides is 1. The third kappa shape index (κ3) is 4.03. The predicted molar refractivity (Wildman–Crippen MR) is 53.9 cm³/mol. The standard InChI is InChI=1S/C8H16N6O/c1-6(2)10-3-4-14-8(5-7(9)15)11-12-13-14/h6,10H,3-5H2,1-2H3,(H2,9,15). The summed E-state index contributed by atoms with van der Waals surface area (Å²) in [5, 5.41) is 14.2. The Labute approximate surface area is 88.0 Å². The number of rotatable bonds is 6. The second kappa shape index (κ2) is 5.40. The van der Waals surface area contributed by atoms with Crippen molar-refractivity contribution in [1.82, 2.24) is 25.5 Å². The third-order valence-corrected chi connectivity index (χ3v) is 1.81. The van der Waals surface area contributed by atoms with E-state index in [9.17, 15) is 4.79 Å². The Hall–Kier alpha value is -1.50. The van der Waals surface area contributed by atoms with E-state index in [-0.39, 0.29) is 6.42 Å². The minimum atomic E-state index is -0.428. The second-order valence-corrected chi connectivity index (χ2v) is 3.57. The number of carbonyl (C=O) groups is 1. The molecule has 84 valence electrons. The molecule has 0 bridgehead atoms. The highest BCUT2D eigenvalue weighted by molar-refractivity contribution is 5.75. The first-order chi connectivity index (χ1) is 7.09. The number of nitrogens with one attached hydrogen (secondary N) is 1. The average Bonchev–Trinajstić information content (AvgIpc) is 2.51. The van der Waals surface area contributed by atoms with Gasteiger partial charge in [0.25, 0.3) is 0 Å². The largest absolute Gasteiger partial charge is 0.369 e. The maximum Gasteiger partial charge on any atom is 0.225 e. The van der Waals surface area contributed by atoms with Crippen molar-refractivity contribution in [2.24, 2.45) is 5.73 Å². The number of amides is 1. The summed E-state index contributed by atoms with van der Waals surface area (Å²) in [4.78, 5) is 10.7. The zero-order chi connectivity index (χ0) is 11.3. The molecule has 0 aliphatic rings. The van der Waals surface area contributed by atoms with E-state index < -0.39 is 5.91 Å². The van der Waals surface area contributed by atoms with E-state index in [4.69, 9.17) is 5.73 Å². The van der Waals surface area contributed by atoms with Gasteiger partial charge in [0.15, 0.2) is 5.82 Å². The van der Waals surface area contributed by atoms with Crippen LogP contribution in [0.15, 0.2) is 0 Å². The minimum Gasteiger partial charge on any atom is -0.369 e. The van der Waals surface area contributed by atoms with Crippen molar-refractivity contribution in [3.05, 3.63) is 5.82 Å². The fraction of sp³-hybridized carbons (Fsp3) is 0.750. The Kier molecular flexibility index (Phi) is 4.17. The first kappa shape index (κ1) is 11.6. The average molecular weight is 212 g/mol. The maximum atomic E-state index is 10.7. The van der Waals surface area contributed by atoms with Gasteiger partial charge in [-0.3, -0.25) is 4.79 Å². The molecule has 3 N–H and O–H groups in total. The van der Waals surface area contributed by atoms with Crippen LogP contribution in [0, 0.1) is 0 Å². The van der Waals surface area contributed by atoms with Crippen LogP contribution >= 0.6 is 0 Å². The topological polar surface area (TPSA) is 98.7 Å². The highest BCUT2D eigenvalue weighted by atomic mass is 16.1. The van der Waals surface area contributed by atoms with Gasteiger partial charge in [0.2, 0.25) is 5.91 Å². The Morgan fingerprint density at radius 1 is 1.60 bits per heavy atom. The monoisotopic (exact) mass is 212 g/mol. The van der Waals surface area contributed by atoms with Crippen LogP contribution in [0.3, 0.4) is 0 Å². The van der Waals surface area contributed by atoms with E-state index in [1.165, 1.54) is 0 Å². The normalized spacial score (nSPS) is 10.9. The van der Waals surface area contributed by atoms with Gasteiger partial charge in [-0.25, -0.2) is 4.68 Å². The molecule has 1 rings (SSSR count). The van der Waals surface area contributed by atoms with Gasteiger partial charge in [0, 0.05) is 12.6 Å². The lowest BCUT2D eigenvalue weighted by Gasteiger charge is -2.08. The van der Waals surface area contributed by atoms with Crippen LogP contribution in [0.1, 0.15) is 19.7 Å². The van der Waals surface area contributed by atoms with E-state index in [1.807, 2.05) is 0 Å². The van der Waals surface area contributed by atoms with Crippen LogP contribution < -0.4 is 11.1 Å². The summed E-state index contributed by atoms with van der Waals surface area (Å²) in [7, 11) is 0. The first-order valence-electron chi connectivity index (χ1n) is 4.86. The lowest BCUT2D eigenvalue weighted by molar-refractivity contribution is -0.117. The second-order valence-electron chi connectivity index (χ2n) is 3.57.